The number of rotatable bonds is 48. The average molecular weight is 922 g/mol. The predicted molar refractivity (Wildman–Crippen MR) is 284 cm³/mol. The molecule has 0 aliphatic heterocycles. The number of unbranched alkanes of at least 4 members (excludes halogenated alkanes) is 42. The first-order valence-electron chi connectivity index (χ1n) is 27.6. The van der Waals surface area contributed by atoms with Crippen LogP contribution in [0.1, 0.15) is 332 Å². The third-order valence-electron chi connectivity index (χ3n) is 12.0. The number of nitrogens with two attached hydrogens (primary N) is 2. The molecule has 5 N–H and O–H groups in total. The van der Waals surface area contributed by atoms with Crippen molar-refractivity contribution in [1.29, 1.82) is 0 Å². The summed E-state index contributed by atoms with van der Waals surface area (Å²) in [6, 6.07) is 0. The Kier molecular flexibility index (Phi) is 79.8. The quantitative estimate of drug-likeness (QED) is 0.0319. The molecule has 0 radical (unpaired) electrons. The molecule has 2 amide bonds. The van der Waals surface area contributed by atoms with Crippen LogP contribution in [-0.2, 0) is 14.4 Å². The van der Waals surface area contributed by atoms with Crippen molar-refractivity contribution in [3.63, 3.8) is 0 Å². The monoisotopic (exact) mass is 921 g/mol. The first kappa shape index (κ1) is 71.4. The first-order chi connectivity index (χ1) is 30.3. The van der Waals surface area contributed by atoms with Gasteiger partial charge in [0.2, 0.25) is 11.8 Å². The number of primary amides is 2. The van der Waals surface area contributed by atoms with E-state index in [9.17, 15) is 14.4 Å². The maximum atomic E-state index is 10.6. The largest absolute Gasteiger partial charge is 2.00 e. The van der Waals surface area contributed by atoms with Crippen LogP contribution in [0.3, 0.4) is 0 Å². The van der Waals surface area contributed by atoms with Gasteiger partial charge in [0, 0.05) is 19.3 Å². The Morgan fingerprint density at radius 1 is 0.302 bits per heavy atom. The summed E-state index contributed by atoms with van der Waals surface area (Å²) < 4.78 is 0. The number of carbonyl (C=O) groups is 3. The van der Waals surface area contributed by atoms with Crippen LogP contribution in [-0.4, -0.2) is 60.6 Å². The van der Waals surface area contributed by atoms with E-state index in [1.165, 1.54) is 263 Å². The number of amides is 2. The fourth-order valence-electron chi connectivity index (χ4n) is 7.99. The van der Waals surface area contributed by atoms with Crippen LogP contribution < -0.4 is 11.5 Å². The van der Waals surface area contributed by atoms with E-state index in [0.29, 0.717) is 19.3 Å². The molecule has 0 aliphatic carbocycles. The number of aliphatic carboxylic acids is 1. The van der Waals surface area contributed by atoms with Crippen LogP contribution >= 0.6 is 0 Å². The molecule has 63 heavy (non-hydrogen) atoms. The normalized spacial score (nSPS) is 10.4. The third kappa shape index (κ3) is 85.3. The summed E-state index contributed by atoms with van der Waals surface area (Å²) >= 11 is 0. The van der Waals surface area contributed by atoms with Crippen molar-refractivity contribution < 1.29 is 22.3 Å². The van der Waals surface area contributed by atoms with Crippen molar-refractivity contribution in [2.45, 2.75) is 329 Å². The van der Waals surface area contributed by atoms with Crippen molar-refractivity contribution >= 4 is 55.5 Å². The zero-order chi connectivity index (χ0) is 46.7. The van der Waals surface area contributed by atoms with Gasteiger partial charge < -0.3 is 19.4 Å². The number of carbonyl (C=O) groups excluding carboxylic acids is 2. The Morgan fingerprint density at radius 2 is 0.429 bits per heavy atom. The molecular formula is C56H116CaN2O4. The first-order valence-corrected chi connectivity index (χ1v) is 27.6. The van der Waals surface area contributed by atoms with Gasteiger partial charge in [0.15, 0.2) is 0 Å². The van der Waals surface area contributed by atoms with Crippen LogP contribution in [0.5, 0.6) is 0 Å². The molecule has 0 aromatic rings. The Bertz CT molecular complexity index is 750. The Labute approximate surface area is 428 Å². The molecule has 0 saturated heterocycles. The Balaban J connectivity index is -0.000000149. The van der Waals surface area contributed by atoms with E-state index in [0.717, 1.165) is 25.7 Å². The molecule has 0 bridgehead atoms. The molecule has 6 nitrogen and oxygen atoms in total. The van der Waals surface area contributed by atoms with Crippen molar-refractivity contribution in [1.82, 2.24) is 0 Å². The number of carboxylic acid groups (broad SMARTS) is 1. The second-order valence-corrected chi connectivity index (χ2v) is 18.4. The fraction of sp³-hybridized carbons (Fsp3) is 0.911. The minimum atomic E-state index is -0.653. The SMILES string of the molecule is C=C.CCCCCCCCCCCCCCCCCC(=O)O.CCCCCCCCCCCCCCCCCC(N)=O.CCCCCCCCCCCCCCCCCC(N)=O.[Ca+2].[H-].[H-]. The van der Waals surface area contributed by atoms with E-state index in [-0.39, 0.29) is 52.4 Å². The van der Waals surface area contributed by atoms with Gasteiger partial charge in [0.05, 0.1) is 0 Å². The smallest absolute Gasteiger partial charge is 1.00 e. The molecule has 0 rings (SSSR count). The average Bonchev–Trinajstić information content (AvgIpc) is 3.26. The minimum Gasteiger partial charge on any atom is -1.00 e. The van der Waals surface area contributed by atoms with Gasteiger partial charge in [-0.1, -0.05) is 290 Å². The van der Waals surface area contributed by atoms with Crippen LogP contribution in [0.15, 0.2) is 13.2 Å². The minimum absolute atomic E-state index is 0. The Morgan fingerprint density at radius 3 is 0.556 bits per heavy atom. The zero-order valence-corrected chi connectivity index (χ0v) is 45.6. The molecule has 0 spiro atoms. The molecule has 0 unspecified atom stereocenters. The van der Waals surface area contributed by atoms with Crippen LogP contribution in [0.2, 0.25) is 0 Å². The number of hydrogen-bond acceptors (Lipinski definition) is 3. The molecule has 0 atom stereocenters. The van der Waals surface area contributed by atoms with Gasteiger partial charge in [0.1, 0.15) is 0 Å². The molecule has 0 aromatic carbocycles. The summed E-state index contributed by atoms with van der Waals surface area (Å²) in [6.07, 6.45) is 62.0. The Hall–Kier alpha value is -0.590. The van der Waals surface area contributed by atoms with Crippen molar-refractivity contribution in [3.8, 4) is 0 Å². The number of hydrogen-bond donors (Lipinski definition) is 3. The molecular weight excluding hydrogens is 805 g/mol. The standard InChI is InChI=1S/2C18H37NO.C18H36O2.C2H4.Ca.2H/c3*1-2-3-4-5-6-7-8-9-10-11-12-13-14-15-16-17-18(19)20;1-2;;;/h2*2-17H2,1H3,(H2,19,20);2-17H2,1H3,(H,19,20);1-2H2;;;/q;;;;+2;2*-1. The van der Waals surface area contributed by atoms with Crippen molar-refractivity contribution in [2.75, 3.05) is 0 Å². The van der Waals surface area contributed by atoms with Gasteiger partial charge in [-0.3, -0.25) is 14.4 Å². The van der Waals surface area contributed by atoms with Gasteiger partial charge in [-0.25, -0.2) is 0 Å². The summed E-state index contributed by atoms with van der Waals surface area (Å²) in [5.41, 5.74) is 10.2. The van der Waals surface area contributed by atoms with E-state index < -0.39 is 5.97 Å². The molecule has 0 saturated carbocycles. The van der Waals surface area contributed by atoms with Crippen LogP contribution in [0.4, 0.5) is 0 Å². The van der Waals surface area contributed by atoms with E-state index in [1.54, 1.807) is 0 Å². The molecule has 7 heteroatoms. The van der Waals surface area contributed by atoms with Gasteiger partial charge in [-0.05, 0) is 19.3 Å². The second-order valence-electron chi connectivity index (χ2n) is 18.4. The zero-order valence-electron chi connectivity index (χ0n) is 45.4. The van der Waals surface area contributed by atoms with Gasteiger partial charge in [-0.2, -0.15) is 0 Å². The summed E-state index contributed by atoms with van der Waals surface area (Å²) in [7, 11) is 0. The molecule has 0 aliphatic rings. The van der Waals surface area contributed by atoms with Gasteiger partial charge >= 0.3 is 43.7 Å². The molecule has 0 heterocycles. The summed E-state index contributed by atoms with van der Waals surface area (Å²) in [4.78, 5) is 31.4. The van der Waals surface area contributed by atoms with Gasteiger partial charge in [-0.15, -0.1) is 13.2 Å². The molecule has 376 valence electrons. The maximum Gasteiger partial charge on any atom is 2.00 e. The van der Waals surface area contributed by atoms with E-state index in [1.807, 2.05) is 0 Å². The summed E-state index contributed by atoms with van der Waals surface area (Å²) in [5.74, 6) is -0.959. The van der Waals surface area contributed by atoms with E-state index >= 15 is 0 Å². The number of carboxylic acids is 1. The summed E-state index contributed by atoms with van der Waals surface area (Å²) in [6.45, 7) is 12.8. The summed E-state index contributed by atoms with van der Waals surface area (Å²) in [5, 5.41) is 8.52. The van der Waals surface area contributed by atoms with Crippen molar-refractivity contribution in [2.24, 2.45) is 11.5 Å². The van der Waals surface area contributed by atoms with Crippen LogP contribution in [0, 0.1) is 0 Å². The second kappa shape index (κ2) is 70.4. The maximum absolute atomic E-state index is 10.6. The van der Waals surface area contributed by atoms with Gasteiger partial charge in [0.25, 0.3) is 0 Å². The van der Waals surface area contributed by atoms with Crippen LogP contribution in [0.25, 0.3) is 0 Å². The fourth-order valence-corrected chi connectivity index (χ4v) is 7.99. The van der Waals surface area contributed by atoms with E-state index in [4.69, 9.17) is 16.6 Å². The molecule has 0 aromatic heterocycles. The van der Waals surface area contributed by atoms with E-state index in [2.05, 4.69) is 33.9 Å². The topological polar surface area (TPSA) is 123 Å². The van der Waals surface area contributed by atoms with Crippen molar-refractivity contribution in [3.05, 3.63) is 13.2 Å². The third-order valence-corrected chi connectivity index (χ3v) is 12.0. The predicted octanol–water partition coefficient (Wildman–Crippen LogP) is 18.4. The molecule has 0 fully saturated rings.